The molecule has 0 saturated carbocycles. The summed E-state index contributed by atoms with van der Waals surface area (Å²) in [5, 5.41) is 27.0. The minimum Gasteiger partial charge on any atom is -0.508 e. The van der Waals surface area contributed by atoms with Crippen LogP contribution in [0, 0.1) is 11.3 Å². The second kappa shape index (κ2) is 5.75. The molecule has 0 aromatic heterocycles. The summed E-state index contributed by atoms with van der Waals surface area (Å²) in [6.45, 7) is 0. The van der Waals surface area contributed by atoms with E-state index in [1.807, 2.05) is 6.07 Å². The van der Waals surface area contributed by atoms with Crippen molar-refractivity contribution < 1.29 is 24.5 Å². The lowest BCUT2D eigenvalue weighted by Gasteiger charge is -2.08. The molecule has 0 aliphatic carbocycles. The van der Waals surface area contributed by atoms with Crippen molar-refractivity contribution in [1.29, 1.82) is 5.26 Å². The number of nitriles is 1. The molecule has 21 heavy (non-hydrogen) atoms. The zero-order valence-electron chi connectivity index (χ0n) is 10.6. The molecule has 104 valence electrons. The van der Waals surface area contributed by atoms with Crippen molar-refractivity contribution in [3.63, 3.8) is 0 Å². The number of aromatic carboxylic acids is 1. The van der Waals surface area contributed by atoms with Gasteiger partial charge in [-0.1, -0.05) is 0 Å². The number of hydrogen-bond acceptors (Lipinski definition) is 5. The highest BCUT2D eigenvalue weighted by Crippen LogP contribution is 2.25. The Hall–Kier alpha value is -3.33. The number of carbonyl (C=O) groups excluding carboxylic acids is 1. The van der Waals surface area contributed by atoms with Gasteiger partial charge in [0.1, 0.15) is 17.1 Å². The fourth-order valence-electron chi connectivity index (χ4n) is 1.61. The Labute approximate surface area is 119 Å². The number of hydrogen-bond donors (Lipinski definition) is 2. The van der Waals surface area contributed by atoms with E-state index in [9.17, 15) is 14.7 Å². The van der Waals surface area contributed by atoms with E-state index < -0.39 is 11.9 Å². The first-order valence-corrected chi connectivity index (χ1v) is 5.80. The molecule has 2 N–H and O–H groups in total. The van der Waals surface area contributed by atoms with Crippen LogP contribution in [0.3, 0.4) is 0 Å². The van der Waals surface area contributed by atoms with Crippen LogP contribution in [0.25, 0.3) is 0 Å². The summed E-state index contributed by atoms with van der Waals surface area (Å²) in [7, 11) is 0. The van der Waals surface area contributed by atoms with E-state index >= 15 is 0 Å². The monoisotopic (exact) mass is 283 g/mol. The second-order valence-electron chi connectivity index (χ2n) is 4.06. The lowest BCUT2D eigenvalue weighted by molar-refractivity contribution is 0.0681. The largest absolute Gasteiger partial charge is 0.508 e. The van der Waals surface area contributed by atoms with Crippen molar-refractivity contribution in [3.8, 4) is 17.6 Å². The SMILES string of the molecule is N#Cc1ccc(C(=O)Oc2cc(O)ccc2C(=O)O)cc1. The highest BCUT2D eigenvalue weighted by Gasteiger charge is 2.16. The molecule has 6 heteroatoms. The minimum atomic E-state index is -1.28. The van der Waals surface area contributed by atoms with Crippen LogP contribution in [0.1, 0.15) is 26.3 Å². The van der Waals surface area contributed by atoms with Gasteiger partial charge in [-0.25, -0.2) is 9.59 Å². The van der Waals surface area contributed by atoms with Crippen LogP contribution < -0.4 is 4.74 Å². The van der Waals surface area contributed by atoms with Crippen molar-refractivity contribution in [1.82, 2.24) is 0 Å². The number of benzene rings is 2. The molecular formula is C15H9NO5. The number of ether oxygens (including phenoxy) is 1. The number of phenolic OH excluding ortho intramolecular Hbond substituents is 1. The lowest BCUT2D eigenvalue weighted by Crippen LogP contribution is -2.11. The molecule has 2 aromatic rings. The van der Waals surface area contributed by atoms with Crippen molar-refractivity contribution in [2.75, 3.05) is 0 Å². The quantitative estimate of drug-likeness (QED) is 0.660. The van der Waals surface area contributed by atoms with Crippen LogP contribution in [-0.4, -0.2) is 22.2 Å². The third kappa shape index (κ3) is 3.16. The van der Waals surface area contributed by atoms with Gasteiger partial charge in [-0.15, -0.1) is 0 Å². The van der Waals surface area contributed by atoms with Gasteiger partial charge in [0, 0.05) is 6.07 Å². The lowest BCUT2D eigenvalue weighted by atomic mass is 10.1. The number of esters is 1. The van der Waals surface area contributed by atoms with Gasteiger partial charge in [-0.05, 0) is 36.4 Å². The van der Waals surface area contributed by atoms with Gasteiger partial charge in [-0.2, -0.15) is 5.26 Å². The molecule has 0 bridgehead atoms. The standard InChI is InChI=1S/C15H9NO5/c16-8-9-1-3-10(4-2-9)15(20)21-13-7-11(17)5-6-12(13)14(18)19/h1-7,17H,(H,18,19). The van der Waals surface area contributed by atoms with Crippen LogP contribution in [0.4, 0.5) is 0 Å². The number of carbonyl (C=O) groups is 2. The molecule has 0 amide bonds. The molecule has 0 saturated heterocycles. The molecule has 2 rings (SSSR count). The predicted octanol–water partition coefficient (Wildman–Crippen LogP) is 2.18. The topological polar surface area (TPSA) is 108 Å². The van der Waals surface area contributed by atoms with Gasteiger partial charge in [0.25, 0.3) is 0 Å². The van der Waals surface area contributed by atoms with Gasteiger partial charge in [-0.3, -0.25) is 0 Å². The van der Waals surface area contributed by atoms with E-state index in [0.717, 1.165) is 12.1 Å². The summed E-state index contributed by atoms with van der Waals surface area (Å²) in [6.07, 6.45) is 0. The highest BCUT2D eigenvalue weighted by atomic mass is 16.5. The number of nitrogens with zero attached hydrogens (tertiary/aromatic N) is 1. The third-order valence-electron chi connectivity index (χ3n) is 2.65. The fraction of sp³-hybridized carbons (Fsp3) is 0. The first-order chi connectivity index (χ1) is 10.0. The van der Waals surface area contributed by atoms with Crippen molar-refractivity contribution in [3.05, 3.63) is 59.2 Å². The summed E-state index contributed by atoms with van der Waals surface area (Å²) in [5.41, 5.74) is 0.304. The van der Waals surface area contributed by atoms with E-state index in [4.69, 9.17) is 15.1 Å². The van der Waals surface area contributed by atoms with E-state index in [1.54, 1.807) is 0 Å². The van der Waals surface area contributed by atoms with Crippen molar-refractivity contribution in [2.24, 2.45) is 0 Å². The number of phenols is 1. The van der Waals surface area contributed by atoms with Crippen molar-refractivity contribution >= 4 is 11.9 Å². The number of aromatic hydroxyl groups is 1. The zero-order chi connectivity index (χ0) is 15.4. The van der Waals surface area contributed by atoms with Crippen LogP contribution in [-0.2, 0) is 0 Å². The fourth-order valence-corrected chi connectivity index (χ4v) is 1.61. The van der Waals surface area contributed by atoms with Gasteiger partial charge >= 0.3 is 11.9 Å². The summed E-state index contributed by atoms with van der Waals surface area (Å²) < 4.78 is 4.98. The predicted molar refractivity (Wildman–Crippen MR) is 71.2 cm³/mol. The average Bonchev–Trinajstić information content (AvgIpc) is 2.47. The Kier molecular flexibility index (Phi) is 3.86. The smallest absolute Gasteiger partial charge is 0.343 e. The van der Waals surface area contributed by atoms with E-state index in [1.165, 1.54) is 30.3 Å². The van der Waals surface area contributed by atoms with E-state index in [-0.39, 0.29) is 22.6 Å². The molecule has 0 atom stereocenters. The molecule has 0 spiro atoms. The van der Waals surface area contributed by atoms with Gasteiger partial charge in [0.15, 0.2) is 0 Å². The highest BCUT2D eigenvalue weighted by molar-refractivity contribution is 5.95. The molecule has 6 nitrogen and oxygen atoms in total. The Morgan fingerprint density at radius 2 is 1.76 bits per heavy atom. The van der Waals surface area contributed by atoms with Crippen LogP contribution in [0.5, 0.6) is 11.5 Å². The average molecular weight is 283 g/mol. The van der Waals surface area contributed by atoms with Crippen LogP contribution in [0.2, 0.25) is 0 Å². The molecule has 0 unspecified atom stereocenters. The Bertz CT molecular complexity index is 744. The zero-order valence-corrected chi connectivity index (χ0v) is 10.6. The molecular weight excluding hydrogens is 274 g/mol. The van der Waals surface area contributed by atoms with Gasteiger partial charge < -0.3 is 14.9 Å². The Morgan fingerprint density at radius 3 is 2.33 bits per heavy atom. The van der Waals surface area contributed by atoms with E-state index in [0.29, 0.717) is 5.56 Å². The molecule has 0 fully saturated rings. The minimum absolute atomic E-state index is 0.161. The molecule has 0 aliphatic rings. The van der Waals surface area contributed by atoms with Gasteiger partial charge in [0.05, 0.1) is 17.2 Å². The maximum absolute atomic E-state index is 11.9. The second-order valence-corrected chi connectivity index (χ2v) is 4.06. The van der Waals surface area contributed by atoms with Crippen LogP contribution in [0.15, 0.2) is 42.5 Å². The molecule has 0 heterocycles. The maximum atomic E-state index is 11.9. The summed E-state index contributed by atoms with van der Waals surface area (Å²) in [5.74, 6) is -2.54. The molecule has 2 aromatic carbocycles. The Morgan fingerprint density at radius 1 is 1.10 bits per heavy atom. The van der Waals surface area contributed by atoms with Crippen LogP contribution >= 0.6 is 0 Å². The summed E-state index contributed by atoms with van der Waals surface area (Å²) in [4.78, 5) is 22.9. The van der Waals surface area contributed by atoms with E-state index in [2.05, 4.69) is 0 Å². The maximum Gasteiger partial charge on any atom is 0.343 e. The normalized spacial score (nSPS) is 9.67. The summed E-state index contributed by atoms with van der Waals surface area (Å²) >= 11 is 0. The first kappa shape index (κ1) is 14.1. The third-order valence-corrected chi connectivity index (χ3v) is 2.65. The summed E-state index contributed by atoms with van der Waals surface area (Å²) in [6, 6.07) is 10.9. The Balaban J connectivity index is 2.28. The van der Waals surface area contributed by atoms with Crippen molar-refractivity contribution in [2.45, 2.75) is 0 Å². The number of carboxylic acids is 1. The number of rotatable bonds is 3. The number of carboxylic acid groups (broad SMARTS) is 1. The molecule has 0 radical (unpaired) electrons. The van der Waals surface area contributed by atoms with Gasteiger partial charge in [0.2, 0.25) is 0 Å². The first-order valence-electron chi connectivity index (χ1n) is 5.80. The molecule has 0 aliphatic heterocycles.